The molecule has 1 aromatic heterocycles. The van der Waals surface area contributed by atoms with Crippen molar-refractivity contribution in [2.24, 2.45) is 5.92 Å². The zero-order valence-electron chi connectivity index (χ0n) is 17.8. The summed E-state index contributed by atoms with van der Waals surface area (Å²) >= 11 is 0. The van der Waals surface area contributed by atoms with Gasteiger partial charge in [0.1, 0.15) is 0 Å². The van der Waals surface area contributed by atoms with Crippen LogP contribution in [0, 0.1) is 5.92 Å². The van der Waals surface area contributed by atoms with Gasteiger partial charge in [0.25, 0.3) is 0 Å². The molecule has 4 nitrogen and oxygen atoms in total. The second kappa shape index (κ2) is 11.7. The van der Waals surface area contributed by atoms with Crippen molar-refractivity contribution in [1.82, 2.24) is 9.55 Å². The third-order valence-electron chi connectivity index (χ3n) is 5.66. The van der Waals surface area contributed by atoms with Crippen molar-refractivity contribution in [3.8, 4) is 0 Å². The van der Waals surface area contributed by atoms with Crippen LogP contribution in [0.25, 0.3) is 12.2 Å². The van der Waals surface area contributed by atoms with Gasteiger partial charge in [-0.2, -0.15) is 0 Å². The lowest BCUT2D eigenvalue weighted by Crippen LogP contribution is -2.33. The topological polar surface area (TPSA) is 46.9 Å². The molecule has 1 fully saturated rings. The first-order valence-corrected chi connectivity index (χ1v) is 10.9. The molecule has 1 heterocycles. The lowest BCUT2D eigenvalue weighted by atomic mass is 9.92. The van der Waals surface area contributed by atoms with Gasteiger partial charge in [0, 0.05) is 13.0 Å². The second-order valence-corrected chi connectivity index (χ2v) is 8.10. The number of hydrogen-bond donors (Lipinski definition) is 1. The summed E-state index contributed by atoms with van der Waals surface area (Å²) in [6.45, 7) is 11.6. The number of carbonyl (C=O) groups excluding carboxylic acids is 1. The fraction of sp³-hybridized carbons (Fsp3) is 0.583. The van der Waals surface area contributed by atoms with Crippen molar-refractivity contribution in [2.75, 3.05) is 5.32 Å². The van der Waals surface area contributed by atoms with Crippen LogP contribution in [0.5, 0.6) is 0 Å². The zero-order chi connectivity index (χ0) is 20.4. The predicted octanol–water partition coefficient (Wildman–Crippen LogP) is 4.87. The molecule has 2 unspecified atom stereocenters. The number of anilines is 1. The molecule has 0 aromatic carbocycles. The van der Waals surface area contributed by atoms with E-state index in [0.29, 0.717) is 12.0 Å². The molecule has 2 atom stereocenters. The standard InChI is InChI=1S/C24H37N3O/c1-5-13-22-23(14-6-2)27(24(26-22)25-20(4)28)21-16-12-10-8-7-9-11-15-19(3)17-18-21/h5-6,13-14,19,21H,1-2,7-12,15-18H2,3-4H3,(H,25,26,28)/b22-13+,23-14+. The Labute approximate surface area is 170 Å². The molecule has 0 spiro atoms. The Morgan fingerprint density at radius 2 is 1.64 bits per heavy atom. The number of hydrogen-bond acceptors (Lipinski definition) is 2. The van der Waals surface area contributed by atoms with E-state index in [1.807, 2.05) is 12.2 Å². The Morgan fingerprint density at radius 1 is 1.00 bits per heavy atom. The molecular weight excluding hydrogens is 346 g/mol. The Morgan fingerprint density at radius 3 is 2.29 bits per heavy atom. The number of nitrogens with zero attached hydrogens (tertiary/aromatic N) is 2. The summed E-state index contributed by atoms with van der Waals surface area (Å²) in [6.07, 6.45) is 20.1. The van der Waals surface area contributed by atoms with E-state index >= 15 is 0 Å². The molecule has 1 N–H and O–H groups in total. The average molecular weight is 384 g/mol. The van der Waals surface area contributed by atoms with Crippen molar-refractivity contribution >= 4 is 24.0 Å². The molecule has 0 radical (unpaired) electrons. The molecular formula is C24H37N3O. The minimum atomic E-state index is -0.0944. The van der Waals surface area contributed by atoms with Crippen molar-refractivity contribution in [3.63, 3.8) is 0 Å². The minimum Gasteiger partial charge on any atom is -0.307 e. The van der Waals surface area contributed by atoms with Gasteiger partial charge in [-0.25, -0.2) is 4.98 Å². The zero-order valence-corrected chi connectivity index (χ0v) is 17.8. The van der Waals surface area contributed by atoms with E-state index in [0.717, 1.165) is 29.5 Å². The van der Waals surface area contributed by atoms with E-state index in [-0.39, 0.29) is 5.91 Å². The molecule has 0 bridgehead atoms. The molecule has 1 amide bonds. The minimum absolute atomic E-state index is 0.0944. The highest BCUT2D eigenvalue weighted by molar-refractivity contribution is 5.86. The van der Waals surface area contributed by atoms with Crippen LogP contribution >= 0.6 is 0 Å². The third kappa shape index (κ3) is 6.50. The second-order valence-electron chi connectivity index (χ2n) is 8.10. The normalized spacial score (nSPS) is 23.5. The SMILES string of the molecule is C=C/C=c1/nc(NC(C)=O)n(C2CCCCCCCCC(C)CC2)/c1=C/C=C. The first-order chi connectivity index (χ1) is 13.6. The molecule has 1 aromatic rings. The first-order valence-electron chi connectivity index (χ1n) is 10.9. The van der Waals surface area contributed by atoms with Crippen LogP contribution in [0.2, 0.25) is 0 Å². The van der Waals surface area contributed by atoms with Gasteiger partial charge in [0.15, 0.2) is 0 Å². The van der Waals surface area contributed by atoms with E-state index in [1.165, 1.54) is 58.3 Å². The summed E-state index contributed by atoms with van der Waals surface area (Å²) in [5.41, 5.74) is 0. The summed E-state index contributed by atoms with van der Waals surface area (Å²) in [7, 11) is 0. The smallest absolute Gasteiger partial charge is 0.223 e. The van der Waals surface area contributed by atoms with Gasteiger partial charge >= 0.3 is 0 Å². The van der Waals surface area contributed by atoms with Gasteiger partial charge < -0.3 is 4.57 Å². The molecule has 154 valence electrons. The molecule has 1 aliphatic rings. The highest BCUT2D eigenvalue weighted by Crippen LogP contribution is 2.28. The number of imidazole rings is 1. The molecule has 0 saturated heterocycles. The summed E-state index contributed by atoms with van der Waals surface area (Å²) in [4.78, 5) is 16.5. The lowest BCUT2D eigenvalue weighted by Gasteiger charge is -2.24. The Bertz CT molecular complexity index is 775. The third-order valence-corrected chi connectivity index (χ3v) is 5.66. The number of aromatic nitrogens is 2. The van der Waals surface area contributed by atoms with Crippen LogP contribution < -0.4 is 16.0 Å². The van der Waals surface area contributed by atoms with E-state index in [1.54, 1.807) is 12.2 Å². The number of allylic oxidation sites excluding steroid dienone is 2. The average Bonchev–Trinajstić information content (AvgIpc) is 2.95. The molecule has 1 aliphatic carbocycles. The maximum atomic E-state index is 11.8. The molecule has 1 saturated carbocycles. The van der Waals surface area contributed by atoms with Crippen LogP contribution in [-0.4, -0.2) is 15.5 Å². The summed E-state index contributed by atoms with van der Waals surface area (Å²) in [5, 5.41) is 4.78. The van der Waals surface area contributed by atoms with Crippen LogP contribution in [-0.2, 0) is 4.79 Å². The van der Waals surface area contributed by atoms with E-state index < -0.39 is 0 Å². The van der Waals surface area contributed by atoms with Crippen LogP contribution in [0.15, 0.2) is 25.3 Å². The van der Waals surface area contributed by atoms with Crippen LogP contribution in [0.4, 0.5) is 5.95 Å². The van der Waals surface area contributed by atoms with Gasteiger partial charge in [-0.3, -0.25) is 10.1 Å². The quantitative estimate of drug-likeness (QED) is 0.806. The molecule has 28 heavy (non-hydrogen) atoms. The van der Waals surface area contributed by atoms with Gasteiger partial charge in [-0.05, 0) is 37.3 Å². The Balaban J connectivity index is 2.47. The summed E-state index contributed by atoms with van der Waals surface area (Å²) < 4.78 is 2.23. The number of rotatable bonds is 4. The number of amides is 1. The van der Waals surface area contributed by atoms with Gasteiger partial charge in [-0.15, -0.1) is 0 Å². The number of carbonyl (C=O) groups is 1. The van der Waals surface area contributed by atoms with E-state index in [9.17, 15) is 4.79 Å². The van der Waals surface area contributed by atoms with Crippen molar-refractivity contribution in [2.45, 2.75) is 84.1 Å². The lowest BCUT2D eigenvalue weighted by molar-refractivity contribution is -0.114. The Kier molecular flexibility index (Phi) is 9.26. The highest BCUT2D eigenvalue weighted by Gasteiger charge is 2.20. The highest BCUT2D eigenvalue weighted by atomic mass is 16.1. The predicted molar refractivity (Wildman–Crippen MR) is 119 cm³/mol. The number of nitrogens with one attached hydrogen (secondary N) is 1. The van der Waals surface area contributed by atoms with Gasteiger partial charge in [-0.1, -0.05) is 77.2 Å². The first kappa shape index (κ1) is 22.2. The van der Waals surface area contributed by atoms with Crippen molar-refractivity contribution < 1.29 is 4.79 Å². The maximum absolute atomic E-state index is 11.8. The summed E-state index contributed by atoms with van der Waals surface area (Å²) in [5.74, 6) is 1.28. The van der Waals surface area contributed by atoms with Gasteiger partial charge in [0.05, 0.1) is 10.7 Å². The van der Waals surface area contributed by atoms with Crippen molar-refractivity contribution in [1.29, 1.82) is 0 Å². The van der Waals surface area contributed by atoms with E-state index in [2.05, 4.69) is 30.0 Å². The molecule has 2 rings (SSSR count). The van der Waals surface area contributed by atoms with Crippen LogP contribution in [0.3, 0.4) is 0 Å². The van der Waals surface area contributed by atoms with E-state index in [4.69, 9.17) is 4.98 Å². The molecule has 0 aliphatic heterocycles. The maximum Gasteiger partial charge on any atom is 0.223 e. The van der Waals surface area contributed by atoms with Gasteiger partial charge in [0.2, 0.25) is 11.9 Å². The fourth-order valence-corrected chi connectivity index (χ4v) is 4.19. The monoisotopic (exact) mass is 383 g/mol. The Hall–Kier alpha value is -2.10. The van der Waals surface area contributed by atoms with Crippen molar-refractivity contribution in [3.05, 3.63) is 36.0 Å². The largest absolute Gasteiger partial charge is 0.307 e. The van der Waals surface area contributed by atoms with Crippen LogP contribution in [0.1, 0.15) is 84.1 Å². The summed E-state index contributed by atoms with van der Waals surface area (Å²) in [6, 6.07) is 0.328. The fourth-order valence-electron chi connectivity index (χ4n) is 4.19. The molecule has 4 heteroatoms.